The predicted octanol–water partition coefficient (Wildman–Crippen LogP) is 1.21. The Balaban J connectivity index is 2.16. The van der Waals surface area contributed by atoms with Crippen molar-refractivity contribution in [3.05, 3.63) is 22.7 Å². The second kappa shape index (κ2) is 5.20. The van der Waals surface area contributed by atoms with Crippen LogP contribution in [0.25, 0.3) is 0 Å². The lowest BCUT2D eigenvalue weighted by atomic mass is 10.2. The van der Waals surface area contributed by atoms with Gasteiger partial charge in [0.2, 0.25) is 5.28 Å². The topological polar surface area (TPSA) is 49.3 Å². The molecule has 1 atom stereocenters. The molecule has 6 heteroatoms. The molecule has 0 aromatic carbocycles. The highest BCUT2D eigenvalue weighted by Crippen LogP contribution is 2.12. The number of likely N-dealkylation sites (N-methyl/N-ethyl adjacent to an activating group) is 1. The summed E-state index contributed by atoms with van der Waals surface area (Å²) < 4.78 is 0. The minimum Gasteiger partial charge on any atom is -0.334 e. The lowest BCUT2D eigenvalue weighted by Gasteiger charge is -2.37. The van der Waals surface area contributed by atoms with Gasteiger partial charge < -0.3 is 9.80 Å². The van der Waals surface area contributed by atoms with Gasteiger partial charge in [-0.3, -0.25) is 4.79 Å². The summed E-state index contributed by atoms with van der Waals surface area (Å²) in [5.41, 5.74) is 1.09. The summed E-state index contributed by atoms with van der Waals surface area (Å²) in [5, 5.41) is 0.125. The van der Waals surface area contributed by atoms with Gasteiger partial charge >= 0.3 is 0 Å². The minimum atomic E-state index is -0.0673. The first-order valence-corrected chi connectivity index (χ1v) is 6.36. The van der Waals surface area contributed by atoms with E-state index in [1.165, 1.54) is 0 Å². The summed E-state index contributed by atoms with van der Waals surface area (Å²) >= 11 is 5.78. The summed E-state index contributed by atoms with van der Waals surface area (Å²) in [7, 11) is 2.07. The molecule has 1 aromatic heterocycles. The second-order valence-corrected chi connectivity index (χ2v) is 5.08. The Bertz CT molecular complexity index is 445. The molecule has 5 nitrogen and oxygen atoms in total. The molecule has 1 amide bonds. The lowest BCUT2D eigenvalue weighted by Crippen LogP contribution is -2.52. The van der Waals surface area contributed by atoms with Crippen LogP contribution in [0.15, 0.2) is 6.07 Å². The third kappa shape index (κ3) is 2.79. The zero-order valence-electron chi connectivity index (χ0n) is 10.9. The van der Waals surface area contributed by atoms with E-state index in [-0.39, 0.29) is 11.2 Å². The highest BCUT2D eigenvalue weighted by Gasteiger charge is 2.26. The van der Waals surface area contributed by atoms with Gasteiger partial charge in [-0.15, -0.1) is 0 Å². The molecule has 0 N–H and O–H groups in total. The molecule has 2 heterocycles. The quantitative estimate of drug-likeness (QED) is 0.719. The van der Waals surface area contributed by atoms with E-state index >= 15 is 0 Å². The highest BCUT2D eigenvalue weighted by molar-refractivity contribution is 6.28. The molecule has 0 saturated carbocycles. The molecule has 1 saturated heterocycles. The van der Waals surface area contributed by atoms with Gasteiger partial charge in [-0.05, 0) is 38.6 Å². The predicted molar refractivity (Wildman–Crippen MR) is 69.8 cm³/mol. The van der Waals surface area contributed by atoms with Crippen molar-refractivity contribution < 1.29 is 4.79 Å². The minimum absolute atomic E-state index is 0.0673. The van der Waals surface area contributed by atoms with Crippen LogP contribution in [-0.2, 0) is 0 Å². The third-order valence-corrected chi connectivity index (χ3v) is 3.46. The van der Waals surface area contributed by atoms with Crippen LogP contribution in [0.5, 0.6) is 0 Å². The van der Waals surface area contributed by atoms with Gasteiger partial charge in [0.05, 0.1) is 0 Å². The number of rotatable bonds is 1. The molecule has 98 valence electrons. The van der Waals surface area contributed by atoms with Gasteiger partial charge in [-0.25, -0.2) is 9.97 Å². The Labute approximate surface area is 112 Å². The first kappa shape index (κ1) is 13.2. The highest BCUT2D eigenvalue weighted by atomic mass is 35.5. The number of piperazine rings is 1. The molecular weight excluding hydrogens is 252 g/mol. The Kier molecular flexibility index (Phi) is 3.82. The number of nitrogens with zero attached hydrogens (tertiary/aromatic N) is 4. The van der Waals surface area contributed by atoms with E-state index < -0.39 is 0 Å². The van der Waals surface area contributed by atoms with Crippen LogP contribution in [0, 0.1) is 6.92 Å². The van der Waals surface area contributed by atoms with Crippen LogP contribution in [0.3, 0.4) is 0 Å². The van der Waals surface area contributed by atoms with Gasteiger partial charge in [-0.2, -0.15) is 0 Å². The van der Waals surface area contributed by atoms with Crippen LogP contribution in [0.2, 0.25) is 5.28 Å². The molecule has 1 aromatic rings. The van der Waals surface area contributed by atoms with Crippen molar-refractivity contribution >= 4 is 17.5 Å². The van der Waals surface area contributed by atoms with Gasteiger partial charge in [0.1, 0.15) is 5.69 Å². The first-order chi connectivity index (χ1) is 8.47. The SMILES string of the molecule is Cc1cc(C(=O)N2CCN(C)C(C)C2)nc(Cl)n1. The monoisotopic (exact) mass is 268 g/mol. The average Bonchev–Trinajstić information content (AvgIpc) is 2.30. The maximum absolute atomic E-state index is 12.3. The van der Waals surface area contributed by atoms with Crippen LogP contribution >= 0.6 is 11.6 Å². The summed E-state index contributed by atoms with van der Waals surface area (Å²) in [6.45, 7) is 6.23. The first-order valence-electron chi connectivity index (χ1n) is 5.98. The van der Waals surface area contributed by atoms with Crippen molar-refractivity contribution in [2.45, 2.75) is 19.9 Å². The van der Waals surface area contributed by atoms with Crippen molar-refractivity contribution in [1.29, 1.82) is 0 Å². The molecule has 0 bridgehead atoms. The summed E-state index contributed by atoms with van der Waals surface area (Å²) in [4.78, 5) is 24.3. The number of carbonyl (C=O) groups is 1. The summed E-state index contributed by atoms with van der Waals surface area (Å²) in [6, 6.07) is 2.04. The zero-order chi connectivity index (χ0) is 13.3. The summed E-state index contributed by atoms with van der Waals surface area (Å²) in [5.74, 6) is -0.0673. The van der Waals surface area contributed by atoms with Crippen LogP contribution in [0.4, 0.5) is 0 Å². The number of hydrogen-bond donors (Lipinski definition) is 0. The van der Waals surface area contributed by atoms with Crippen molar-refractivity contribution in [1.82, 2.24) is 19.8 Å². The standard InChI is InChI=1S/C12H17ClN4O/c1-8-6-10(15-12(13)14-8)11(18)17-5-4-16(3)9(2)7-17/h6,9H,4-5,7H2,1-3H3. The number of aromatic nitrogens is 2. The van der Waals surface area contributed by atoms with E-state index in [2.05, 4.69) is 28.8 Å². The summed E-state index contributed by atoms with van der Waals surface area (Å²) in [6.07, 6.45) is 0. The normalized spacial score (nSPS) is 21.1. The van der Waals surface area contributed by atoms with E-state index in [1.54, 1.807) is 13.0 Å². The average molecular weight is 269 g/mol. The fraction of sp³-hybridized carbons (Fsp3) is 0.583. The second-order valence-electron chi connectivity index (χ2n) is 4.74. The maximum Gasteiger partial charge on any atom is 0.272 e. The Hall–Kier alpha value is -1.20. The molecule has 1 fully saturated rings. The Morgan fingerprint density at radius 1 is 1.44 bits per heavy atom. The van der Waals surface area contributed by atoms with Crippen LogP contribution in [0.1, 0.15) is 23.1 Å². The maximum atomic E-state index is 12.3. The third-order valence-electron chi connectivity index (χ3n) is 3.29. The Morgan fingerprint density at radius 3 is 2.78 bits per heavy atom. The van der Waals surface area contributed by atoms with E-state index in [1.807, 2.05) is 4.90 Å². The molecular formula is C12H17ClN4O. The van der Waals surface area contributed by atoms with Crippen molar-refractivity contribution in [2.24, 2.45) is 0 Å². The number of carbonyl (C=O) groups excluding carboxylic acids is 1. The van der Waals surface area contributed by atoms with Crippen LogP contribution < -0.4 is 0 Å². The molecule has 1 aliphatic rings. The zero-order valence-corrected chi connectivity index (χ0v) is 11.6. The van der Waals surface area contributed by atoms with Gasteiger partial charge in [-0.1, -0.05) is 0 Å². The molecule has 18 heavy (non-hydrogen) atoms. The Morgan fingerprint density at radius 2 is 2.17 bits per heavy atom. The number of aryl methyl sites for hydroxylation is 1. The van der Waals surface area contributed by atoms with E-state index in [4.69, 9.17) is 11.6 Å². The number of halogens is 1. The van der Waals surface area contributed by atoms with Gasteiger partial charge in [0, 0.05) is 31.4 Å². The molecule has 0 aliphatic carbocycles. The fourth-order valence-electron chi connectivity index (χ4n) is 2.04. The smallest absolute Gasteiger partial charge is 0.272 e. The fourth-order valence-corrected chi connectivity index (χ4v) is 2.26. The van der Waals surface area contributed by atoms with E-state index in [0.29, 0.717) is 17.4 Å². The number of amides is 1. The van der Waals surface area contributed by atoms with E-state index in [0.717, 1.165) is 19.6 Å². The molecule has 0 spiro atoms. The van der Waals surface area contributed by atoms with Gasteiger partial charge in [0.15, 0.2) is 0 Å². The lowest BCUT2D eigenvalue weighted by molar-refractivity contribution is 0.0566. The molecule has 1 aliphatic heterocycles. The molecule has 1 unspecified atom stereocenters. The molecule has 2 rings (SSSR count). The van der Waals surface area contributed by atoms with Crippen molar-refractivity contribution in [3.63, 3.8) is 0 Å². The van der Waals surface area contributed by atoms with E-state index in [9.17, 15) is 4.79 Å². The largest absolute Gasteiger partial charge is 0.334 e. The van der Waals surface area contributed by atoms with Crippen LogP contribution in [-0.4, -0.2) is 58.4 Å². The number of hydrogen-bond acceptors (Lipinski definition) is 4. The molecule has 0 radical (unpaired) electrons. The van der Waals surface area contributed by atoms with Crippen molar-refractivity contribution in [3.8, 4) is 0 Å². The van der Waals surface area contributed by atoms with Crippen molar-refractivity contribution in [2.75, 3.05) is 26.7 Å². The van der Waals surface area contributed by atoms with Gasteiger partial charge in [0.25, 0.3) is 5.91 Å².